The van der Waals surface area contributed by atoms with Crippen molar-refractivity contribution >= 4 is 17.6 Å². The smallest absolute Gasteiger partial charge is 0.327 e. The molecule has 0 saturated carbocycles. The third-order valence-corrected chi connectivity index (χ3v) is 3.87. The molecule has 1 aromatic rings. The summed E-state index contributed by atoms with van der Waals surface area (Å²) in [6.07, 6.45) is 0.595. The SMILES string of the molecule is CC[C@H](N)C(=O)N1c2ccc(OC)c(OC)c2C[C@@H]1C(=O)O. The minimum atomic E-state index is -1.08. The number of nitrogens with zero attached hydrogens (tertiary/aromatic N) is 1. The molecule has 7 heteroatoms. The van der Waals surface area contributed by atoms with E-state index in [9.17, 15) is 14.7 Å². The third kappa shape index (κ3) is 2.48. The van der Waals surface area contributed by atoms with Gasteiger partial charge in [0, 0.05) is 12.0 Å². The van der Waals surface area contributed by atoms with Gasteiger partial charge in [-0.2, -0.15) is 0 Å². The van der Waals surface area contributed by atoms with Crippen LogP contribution in [0, 0.1) is 0 Å². The first-order valence-electron chi connectivity index (χ1n) is 7.01. The second-order valence-electron chi connectivity index (χ2n) is 5.08. The Labute approximate surface area is 128 Å². The van der Waals surface area contributed by atoms with Gasteiger partial charge in [0.1, 0.15) is 6.04 Å². The van der Waals surface area contributed by atoms with Gasteiger partial charge in [-0.05, 0) is 18.6 Å². The first-order chi connectivity index (χ1) is 10.5. The van der Waals surface area contributed by atoms with Crippen molar-refractivity contribution in [1.82, 2.24) is 0 Å². The number of carbonyl (C=O) groups is 2. The Morgan fingerprint density at radius 1 is 1.41 bits per heavy atom. The lowest BCUT2D eigenvalue weighted by molar-refractivity contribution is -0.140. The number of carboxylic acids is 1. The van der Waals surface area contributed by atoms with Crippen LogP contribution < -0.4 is 20.1 Å². The molecule has 22 heavy (non-hydrogen) atoms. The molecular weight excluding hydrogens is 288 g/mol. The normalized spacial score (nSPS) is 17.8. The molecule has 2 rings (SSSR count). The van der Waals surface area contributed by atoms with Crippen LogP contribution in [0.15, 0.2) is 12.1 Å². The van der Waals surface area contributed by atoms with Crippen LogP contribution in [0.25, 0.3) is 0 Å². The molecule has 1 heterocycles. The maximum Gasteiger partial charge on any atom is 0.327 e. The van der Waals surface area contributed by atoms with Crippen LogP contribution in [0.1, 0.15) is 18.9 Å². The van der Waals surface area contributed by atoms with Gasteiger partial charge in [-0.1, -0.05) is 6.92 Å². The van der Waals surface area contributed by atoms with Crippen molar-refractivity contribution in [2.45, 2.75) is 31.8 Å². The Morgan fingerprint density at radius 2 is 2.09 bits per heavy atom. The molecule has 1 aliphatic heterocycles. The summed E-state index contributed by atoms with van der Waals surface area (Å²) >= 11 is 0. The van der Waals surface area contributed by atoms with E-state index in [0.29, 0.717) is 29.2 Å². The number of carboxylic acid groups (broad SMARTS) is 1. The van der Waals surface area contributed by atoms with Crippen LogP contribution in [0.5, 0.6) is 11.5 Å². The van der Waals surface area contributed by atoms with Crippen LogP contribution >= 0.6 is 0 Å². The standard InChI is InChI=1S/C15H20N2O5/c1-4-9(16)14(18)17-10-5-6-12(21-2)13(22-3)8(10)7-11(17)15(19)20/h5-6,9,11H,4,7,16H2,1-3H3,(H,19,20)/t9-,11+/m0/s1. The number of aliphatic carboxylic acids is 1. The summed E-state index contributed by atoms with van der Waals surface area (Å²) in [5, 5.41) is 9.44. The molecular formula is C15H20N2O5. The van der Waals surface area contributed by atoms with Crippen molar-refractivity contribution in [2.24, 2.45) is 5.73 Å². The molecule has 0 unspecified atom stereocenters. The summed E-state index contributed by atoms with van der Waals surface area (Å²) in [6.45, 7) is 1.78. The van der Waals surface area contributed by atoms with E-state index >= 15 is 0 Å². The molecule has 1 amide bonds. The molecule has 0 aliphatic carbocycles. The number of hydrogen-bond donors (Lipinski definition) is 2. The highest BCUT2D eigenvalue weighted by Crippen LogP contribution is 2.43. The van der Waals surface area contributed by atoms with E-state index in [-0.39, 0.29) is 6.42 Å². The van der Waals surface area contributed by atoms with Gasteiger partial charge in [0.25, 0.3) is 0 Å². The van der Waals surface area contributed by atoms with E-state index in [1.54, 1.807) is 19.1 Å². The Morgan fingerprint density at radius 3 is 2.59 bits per heavy atom. The zero-order valence-corrected chi connectivity index (χ0v) is 12.8. The fourth-order valence-electron chi connectivity index (χ4n) is 2.68. The van der Waals surface area contributed by atoms with E-state index in [0.717, 1.165) is 0 Å². The van der Waals surface area contributed by atoms with E-state index in [2.05, 4.69) is 0 Å². The fraction of sp³-hybridized carbons (Fsp3) is 0.467. The first-order valence-corrected chi connectivity index (χ1v) is 7.01. The minimum absolute atomic E-state index is 0.160. The molecule has 0 bridgehead atoms. The van der Waals surface area contributed by atoms with Gasteiger partial charge in [0.2, 0.25) is 5.91 Å². The lowest BCUT2D eigenvalue weighted by Gasteiger charge is -2.25. The number of rotatable bonds is 5. The summed E-state index contributed by atoms with van der Waals surface area (Å²) in [6, 6.07) is 1.60. The second kappa shape index (κ2) is 6.23. The topological polar surface area (TPSA) is 102 Å². The summed E-state index contributed by atoms with van der Waals surface area (Å²) < 4.78 is 10.6. The molecule has 2 atom stereocenters. The highest BCUT2D eigenvalue weighted by molar-refractivity contribution is 6.04. The van der Waals surface area contributed by atoms with Crippen molar-refractivity contribution < 1.29 is 24.2 Å². The van der Waals surface area contributed by atoms with E-state index in [1.807, 2.05) is 0 Å². The van der Waals surface area contributed by atoms with Gasteiger partial charge in [0.15, 0.2) is 11.5 Å². The average Bonchev–Trinajstić information content (AvgIpc) is 2.91. The molecule has 1 aliphatic rings. The molecule has 120 valence electrons. The van der Waals surface area contributed by atoms with Crippen molar-refractivity contribution in [3.05, 3.63) is 17.7 Å². The number of amides is 1. The number of anilines is 1. The summed E-state index contributed by atoms with van der Waals surface area (Å²) in [7, 11) is 2.99. The minimum Gasteiger partial charge on any atom is -0.493 e. The maximum atomic E-state index is 12.5. The lowest BCUT2D eigenvalue weighted by atomic mass is 10.1. The van der Waals surface area contributed by atoms with Crippen LogP contribution in [0.2, 0.25) is 0 Å². The highest BCUT2D eigenvalue weighted by atomic mass is 16.5. The van der Waals surface area contributed by atoms with Gasteiger partial charge in [-0.25, -0.2) is 4.79 Å². The Balaban J connectivity index is 2.55. The predicted molar refractivity (Wildman–Crippen MR) is 80.4 cm³/mol. The highest BCUT2D eigenvalue weighted by Gasteiger charge is 2.41. The molecule has 0 fully saturated rings. The first kappa shape index (κ1) is 16.1. The van der Waals surface area contributed by atoms with Crippen LogP contribution in [0.3, 0.4) is 0 Å². The maximum absolute atomic E-state index is 12.5. The van der Waals surface area contributed by atoms with E-state index < -0.39 is 24.0 Å². The molecule has 7 nitrogen and oxygen atoms in total. The quantitative estimate of drug-likeness (QED) is 0.833. The third-order valence-electron chi connectivity index (χ3n) is 3.87. The molecule has 0 saturated heterocycles. The number of fused-ring (bicyclic) bond motifs is 1. The molecule has 0 spiro atoms. The Bertz CT molecular complexity index is 602. The number of hydrogen-bond acceptors (Lipinski definition) is 5. The van der Waals surface area contributed by atoms with Gasteiger partial charge >= 0.3 is 5.97 Å². The summed E-state index contributed by atoms with van der Waals surface area (Å²) in [5.41, 5.74) is 6.96. The zero-order valence-electron chi connectivity index (χ0n) is 12.8. The summed E-state index contributed by atoms with van der Waals surface area (Å²) in [5.74, 6) is -0.527. The second-order valence-corrected chi connectivity index (χ2v) is 5.08. The predicted octanol–water partition coefficient (Wildman–Crippen LogP) is 0.783. The molecule has 0 aromatic heterocycles. The Kier molecular flexibility index (Phi) is 4.56. The van der Waals surface area contributed by atoms with Crippen LogP contribution in [-0.4, -0.2) is 43.3 Å². The van der Waals surface area contributed by atoms with Crippen molar-refractivity contribution in [1.29, 1.82) is 0 Å². The monoisotopic (exact) mass is 308 g/mol. The Hall–Kier alpha value is -2.28. The number of methoxy groups -OCH3 is 2. The summed E-state index contributed by atoms with van der Waals surface area (Å²) in [4.78, 5) is 25.3. The lowest BCUT2D eigenvalue weighted by Crippen LogP contribution is -2.49. The van der Waals surface area contributed by atoms with Crippen LogP contribution in [-0.2, 0) is 16.0 Å². The fourth-order valence-corrected chi connectivity index (χ4v) is 2.68. The number of benzene rings is 1. The number of carbonyl (C=O) groups excluding carboxylic acids is 1. The van der Waals surface area contributed by atoms with E-state index in [4.69, 9.17) is 15.2 Å². The van der Waals surface area contributed by atoms with Gasteiger partial charge in [0.05, 0.1) is 25.9 Å². The molecule has 3 N–H and O–H groups in total. The van der Waals surface area contributed by atoms with Crippen molar-refractivity contribution in [3.63, 3.8) is 0 Å². The van der Waals surface area contributed by atoms with Gasteiger partial charge in [-0.3, -0.25) is 9.69 Å². The largest absolute Gasteiger partial charge is 0.493 e. The van der Waals surface area contributed by atoms with Gasteiger partial charge < -0.3 is 20.3 Å². The van der Waals surface area contributed by atoms with Crippen LogP contribution in [0.4, 0.5) is 5.69 Å². The molecule has 0 radical (unpaired) electrons. The molecule has 1 aromatic carbocycles. The van der Waals surface area contributed by atoms with E-state index in [1.165, 1.54) is 19.1 Å². The van der Waals surface area contributed by atoms with Crippen molar-refractivity contribution in [2.75, 3.05) is 19.1 Å². The van der Waals surface area contributed by atoms with Crippen molar-refractivity contribution in [3.8, 4) is 11.5 Å². The van der Waals surface area contributed by atoms with Gasteiger partial charge in [-0.15, -0.1) is 0 Å². The number of nitrogens with two attached hydrogens (primary N) is 1. The average molecular weight is 308 g/mol. The number of ether oxygens (including phenoxy) is 2. The zero-order chi connectivity index (χ0) is 16.4.